The monoisotopic (exact) mass is 263 g/mol. The maximum absolute atomic E-state index is 9.81. The first-order chi connectivity index (χ1) is 8.70. The van der Waals surface area contributed by atoms with E-state index in [1.54, 1.807) is 12.1 Å². The molecule has 1 saturated carbocycles. The summed E-state index contributed by atoms with van der Waals surface area (Å²) in [5.41, 5.74) is 0.826. The minimum absolute atomic E-state index is 0.103. The van der Waals surface area contributed by atoms with Gasteiger partial charge in [0.2, 0.25) is 0 Å². The SMILES string of the molecule is COc1ccc(-c2n[nH]c(=S)n2C2CC2)cc1O. The molecule has 0 spiro atoms. The molecule has 3 rings (SSSR count). The maximum atomic E-state index is 9.81. The third-order valence-corrected chi connectivity index (χ3v) is 3.34. The number of aromatic amines is 1. The molecule has 1 aliphatic rings. The van der Waals surface area contributed by atoms with Crippen LogP contribution in [0.1, 0.15) is 18.9 Å². The lowest BCUT2D eigenvalue weighted by molar-refractivity contribution is 0.373. The summed E-state index contributed by atoms with van der Waals surface area (Å²) in [6.45, 7) is 0. The molecule has 1 fully saturated rings. The van der Waals surface area contributed by atoms with Gasteiger partial charge < -0.3 is 9.84 Å². The molecule has 0 radical (unpaired) electrons. The third kappa shape index (κ3) is 1.78. The van der Waals surface area contributed by atoms with Crippen LogP contribution < -0.4 is 4.74 Å². The van der Waals surface area contributed by atoms with Crippen LogP contribution >= 0.6 is 12.2 Å². The van der Waals surface area contributed by atoms with Crippen LogP contribution in [-0.4, -0.2) is 27.0 Å². The molecule has 2 N–H and O–H groups in total. The number of aromatic nitrogens is 3. The summed E-state index contributed by atoms with van der Waals surface area (Å²) in [5, 5.41) is 16.9. The van der Waals surface area contributed by atoms with Gasteiger partial charge in [0.25, 0.3) is 0 Å². The quantitative estimate of drug-likeness (QED) is 0.836. The minimum atomic E-state index is 0.103. The van der Waals surface area contributed by atoms with E-state index in [1.165, 1.54) is 7.11 Å². The first kappa shape index (κ1) is 11.3. The Kier molecular flexibility index (Phi) is 2.59. The standard InChI is InChI=1S/C12H13N3O2S/c1-17-10-5-2-7(6-9(10)16)11-13-14-12(18)15(11)8-3-4-8/h2,5-6,8,16H,3-4H2,1H3,(H,14,18). The van der Waals surface area contributed by atoms with Gasteiger partial charge in [0.15, 0.2) is 22.1 Å². The van der Waals surface area contributed by atoms with Gasteiger partial charge in [-0.2, -0.15) is 5.10 Å². The molecular formula is C12H13N3O2S. The third-order valence-electron chi connectivity index (χ3n) is 3.05. The number of benzene rings is 1. The second kappa shape index (κ2) is 4.13. The Bertz CT molecular complexity index is 643. The van der Waals surface area contributed by atoms with Crippen LogP contribution in [0.2, 0.25) is 0 Å². The van der Waals surface area contributed by atoms with Crippen molar-refractivity contribution in [3.05, 3.63) is 23.0 Å². The highest BCUT2D eigenvalue weighted by Gasteiger charge is 2.27. The fourth-order valence-corrected chi connectivity index (χ4v) is 2.29. The Morgan fingerprint density at radius 2 is 2.28 bits per heavy atom. The summed E-state index contributed by atoms with van der Waals surface area (Å²) in [5.74, 6) is 1.32. The van der Waals surface area contributed by atoms with Crippen molar-refractivity contribution in [2.24, 2.45) is 0 Å². The van der Waals surface area contributed by atoms with Gasteiger partial charge in [-0.15, -0.1) is 0 Å². The molecule has 0 saturated heterocycles. The lowest BCUT2D eigenvalue weighted by atomic mass is 10.2. The van der Waals surface area contributed by atoms with E-state index >= 15 is 0 Å². The summed E-state index contributed by atoms with van der Waals surface area (Å²) >= 11 is 5.23. The lowest BCUT2D eigenvalue weighted by Crippen LogP contribution is -1.97. The van der Waals surface area contributed by atoms with Crippen molar-refractivity contribution in [2.45, 2.75) is 18.9 Å². The predicted octanol–water partition coefficient (Wildman–Crippen LogP) is 2.66. The van der Waals surface area contributed by atoms with Crippen molar-refractivity contribution in [2.75, 3.05) is 7.11 Å². The summed E-state index contributed by atoms with van der Waals surface area (Å²) in [6, 6.07) is 5.67. The van der Waals surface area contributed by atoms with Crippen LogP contribution in [0.15, 0.2) is 18.2 Å². The summed E-state index contributed by atoms with van der Waals surface area (Å²) in [7, 11) is 1.52. The lowest BCUT2D eigenvalue weighted by Gasteiger charge is -2.07. The molecule has 1 aliphatic carbocycles. The summed E-state index contributed by atoms with van der Waals surface area (Å²) in [4.78, 5) is 0. The van der Waals surface area contributed by atoms with E-state index in [-0.39, 0.29) is 5.75 Å². The Balaban J connectivity index is 2.09. The first-order valence-electron chi connectivity index (χ1n) is 5.75. The topological polar surface area (TPSA) is 63.1 Å². The summed E-state index contributed by atoms with van der Waals surface area (Å²) < 4.78 is 7.66. The van der Waals surface area contributed by atoms with Crippen molar-refractivity contribution in [3.63, 3.8) is 0 Å². The first-order valence-corrected chi connectivity index (χ1v) is 6.16. The molecule has 1 heterocycles. The highest BCUT2D eigenvalue weighted by Crippen LogP contribution is 2.39. The molecule has 0 bridgehead atoms. The molecule has 0 unspecified atom stereocenters. The number of hydrogen-bond donors (Lipinski definition) is 2. The Morgan fingerprint density at radius 3 is 2.89 bits per heavy atom. The number of nitrogens with zero attached hydrogens (tertiary/aromatic N) is 2. The smallest absolute Gasteiger partial charge is 0.195 e. The molecule has 1 aromatic carbocycles. The van der Waals surface area contributed by atoms with Crippen molar-refractivity contribution in [1.82, 2.24) is 14.8 Å². The zero-order chi connectivity index (χ0) is 12.7. The zero-order valence-corrected chi connectivity index (χ0v) is 10.7. The number of methoxy groups -OCH3 is 1. The largest absolute Gasteiger partial charge is 0.504 e. The molecule has 1 aromatic heterocycles. The van der Waals surface area contributed by atoms with E-state index < -0.39 is 0 Å². The van der Waals surface area contributed by atoms with Gasteiger partial charge in [-0.3, -0.25) is 9.67 Å². The second-order valence-electron chi connectivity index (χ2n) is 4.34. The van der Waals surface area contributed by atoms with Crippen LogP contribution in [0.5, 0.6) is 11.5 Å². The van der Waals surface area contributed by atoms with E-state index in [9.17, 15) is 5.11 Å². The maximum Gasteiger partial charge on any atom is 0.195 e. The van der Waals surface area contributed by atoms with Gasteiger partial charge in [0, 0.05) is 11.6 Å². The van der Waals surface area contributed by atoms with E-state index in [0.29, 0.717) is 16.6 Å². The number of rotatable bonds is 3. The number of ether oxygens (including phenoxy) is 1. The number of aromatic hydroxyl groups is 1. The number of phenolic OH excluding ortho intramolecular Hbond substituents is 1. The van der Waals surface area contributed by atoms with Crippen LogP contribution in [0, 0.1) is 4.77 Å². The average molecular weight is 263 g/mol. The normalized spacial score (nSPS) is 14.7. The number of hydrogen-bond acceptors (Lipinski definition) is 4. The fourth-order valence-electron chi connectivity index (χ4n) is 2.01. The molecule has 94 valence electrons. The van der Waals surface area contributed by atoms with E-state index in [2.05, 4.69) is 10.2 Å². The number of phenols is 1. The Labute approximate surface area is 109 Å². The van der Waals surface area contributed by atoms with Gasteiger partial charge in [0.05, 0.1) is 7.11 Å². The van der Waals surface area contributed by atoms with Crippen molar-refractivity contribution in [1.29, 1.82) is 0 Å². The van der Waals surface area contributed by atoms with E-state index in [4.69, 9.17) is 17.0 Å². The second-order valence-corrected chi connectivity index (χ2v) is 4.73. The van der Waals surface area contributed by atoms with Gasteiger partial charge in [-0.25, -0.2) is 0 Å². The molecule has 18 heavy (non-hydrogen) atoms. The van der Waals surface area contributed by atoms with Crippen LogP contribution in [-0.2, 0) is 0 Å². The molecule has 0 atom stereocenters. The molecule has 2 aromatic rings. The van der Waals surface area contributed by atoms with Gasteiger partial charge in [-0.1, -0.05) is 0 Å². The van der Waals surface area contributed by atoms with Gasteiger partial charge in [-0.05, 0) is 43.3 Å². The van der Waals surface area contributed by atoms with Crippen LogP contribution in [0.25, 0.3) is 11.4 Å². The minimum Gasteiger partial charge on any atom is -0.504 e. The zero-order valence-electron chi connectivity index (χ0n) is 9.88. The van der Waals surface area contributed by atoms with E-state index in [0.717, 1.165) is 24.2 Å². The number of nitrogens with one attached hydrogen (secondary N) is 1. The Morgan fingerprint density at radius 1 is 1.50 bits per heavy atom. The van der Waals surface area contributed by atoms with Gasteiger partial charge >= 0.3 is 0 Å². The fraction of sp³-hybridized carbons (Fsp3) is 0.333. The van der Waals surface area contributed by atoms with Crippen molar-refractivity contribution >= 4 is 12.2 Å². The molecule has 0 aliphatic heterocycles. The van der Waals surface area contributed by atoms with E-state index in [1.807, 2.05) is 10.6 Å². The highest BCUT2D eigenvalue weighted by molar-refractivity contribution is 7.71. The highest BCUT2D eigenvalue weighted by atomic mass is 32.1. The number of H-pyrrole nitrogens is 1. The van der Waals surface area contributed by atoms with Crippen molar-refractivity contribution in [3.8, 4) is 22.9 Å². The Hall–Kier alpha value is -1.82. The molecule has 5 nitrogen and oxygen atoms in total. The van der Waals surface area contributed by atoms with Crippen LogP contribution in [0.3, 0.4) is 0 Å². The molecule has 0 amide bonds. The molecular weight excluding hydrogens is 250 g/mol. The average Bonchev–Trinajstić information content (AvgIpc) is 3.12. The predicted molar refractivity (Wildman–Crippen MR) is 69.3 cm³/mol. The van der Waals surface area contributed by atoms with Gasteiger partial charge in [0.1, 0.15) is 0 Å². The molecule has 6 heteroatoms. The summed E-state index contributed by atoms with van der Waals surface area (Å²) in [6.07, 6.45) is 2.26. The van der Waals surface area contributed by atoms with Crippen molar-refractivity contribution < 1.29 is 9.84 Å². The van der Waals surface area contributed by atoms with Crippen LogP contribution in [0.4, 0.5) is 0 Å².